The lowest BCUT2D eigenvalue weighted by Gasteiger charge is -2.20. The van der Waals surface area contributed by atoms with Crippen LogP contribution in [0.3, 0.4) is 0 Å². The molecule has 3 rings (SSSR count). The van der Waals surface area contributed by atoms with Gasteiger partial charge in [-0.3, -0.25) is 0 Å². The van der Waals surface area contributed by atoms with Gasteiger partial charge < -0.3 is 15.4 Å². The third-order valence-corrected chi connectivity index (χ3v) is 4.40. The summed E-state index contributed by atoms with van der Waals surface area (Å²) in [6.45, 7) is 2.62. The van der Waals surface area contributed by atoms with Crippen LogP contribution in [-0.4, -0.2) is 41.6 Å². The number of halogens is 3. The van der Waals surface area contributed by atoms with Crippen molar-refractivity contribution < 1.29 is 13.5 Å². The van der Waals surface area contributed by atoms with Crippen LogP contribution in [-0.2, 0) is 0 Å². The monoisotopic (exact) mass is 392 g/mol. The van der Waals surface area contributed by atoms with Crippen LogP contribution in [0.1, 0.15) is 6.92 Å². The van der Waals surface area contributed by atoms with Crippen LogP contribution >= 0.6 is 11.6 Å². The van der Waals surface area contributed by atoms with E-state index >= 15 is 0 Å². The molecule has 0 saturated carbocycles. The molecule has 5 nitrogen and oxygen atoms in total. The van der Waals surface area contributed by atoms with Crippen LogP contribution in [0.15, 0.2) is 30.6 Å². The summed E-state index contributed by atoms with van der Waals surface area (Å²) in [7, 11) is 3.89. The van der Waals surface area contributed by atoms with E-state index in [-0.39, 0.29) is 17.5 Å². The van der Waals surface area contributed by atoms with Gasteiger partial charge >= 0.3 is 0 Å². The summed E-state index contributed by atoms with van der Waals surface area (Å²) in [5, 5.41) is -0.0944. The molecule has 0 amide bonds. The predicted octanol–water partition coefficient (Wildman–Crippen LogP) is 4.14. The molecule has 0 radical (unpaired) electrons. The molecule has 0 saturated heterocycles. The van der Waals surface area contributed by atoms with Crippen molar-refractivity contribution in [1.29, 1.82) is 0 Å². The molecule has 0 aliphatic heterocycles. The number of fused-ring (bicyclic) bond motifs is 1. The number of nitrogen functional groups attached to an aromatic ring is 1. The number of hydrogen-bond acceptors (Lipinski definition) is 5. The highest BCUT2D eigenvalue weighted by atomic mass is 35.5. The predicted molar refractivity (Wildman–Crippen MR) is 103 cm³/mol. The van der Waals surface area contributed by atoms with Gasteiger partial charge in [-0.05, 0) is 45.3 Å². The number of likely N-dealkylation sites (N-methyl/N-ethyl adjacent to an activating group) is 1. The van der Waals surface area contributed by atoms with E-state index in [1.165, 1.54) is 12.4 Å². The Bertz CT molecular complexity index is 997. The summed E-state index contributed by atoms with van der Waals surface area (Å²) in [6, 6.07) is 5.76. The SMILES string of the molecule is C[C@@H](CN(C)C)Oc1ccc(-c2ccc(F)c(Cl)c2F)c2ncnc(N)c12. The average molecular weight is 393 g/mol. The van der Waals surface area contributed by atoms with Crippen LogP contribution in [0.5, 0.6) is 5.75 Å². The molecular formula is C19H19ClF2N4O. The molecule has 1 atom stereocenters. The Hall–Kier alpha value is -2.51. The zero-order valence-electron chi connectivity index (χ0n) is 15.1. The minimum atomic E-state index is -0.857. The molecule has 1 aromatic heterocycles. The Balaban J connectivity index is 2.17. The van der Waals surface area contributed by atoms with E-state index in [1.807, 2.05) is 25.9 Å². The second kappa shape index (κ2) is 7.62. The first-order valence-electron chi connectivity index (χ1n) is 8.28. The zero-order valence-corrected chi connectivity index (χ0v) is 15.9. The topological polar surface area (TPSA) is 64.3 Å². The Morgan fingerprint density at radius 1 is 1.15 bits per heavy atom. The quantitative estimate of drug-likeness (QED) is 0.661. The Kier molecular flexibility index (Phi) is 5.43. The molecule has 142 valence electrons. The molecular weight excluding hydrogens is 374 g/mol. The molecule has 1 heterocycles. The summed E-state index contributed by atoms with van der Waals surface area (Å²) in [6.07, 6.45) is 1.17. The lowest BCUT2D eigenvalue weighted by atomic mass is 10.0. The van der Waals surface area contributed by atoms with Crippen LogP contribution in [0.25, 0.3) is 22.0 Å². The van der Waals surface area contributed by atoms with Gasteiger partial charge in [-0.2, -0.15) is 0 Å². The van der Waals surface area contributed by atoms with Gasteiger partial charge in [0.2, 0.25) is 0 Å². The van der Waals surface area contributed by atoms with Crippen molar-refractivity contribution in [1.82, 2.24) is 14.9 Å². The van der Waals surface area contributed by atoms with Gasteiger partial charge in [0, 0.05) is 17.7 Å². The number of anilines is 1. The second-order valence-electron chi connectivity index (χ2n) is 6.51. The molecule has 8 heteroatoms. The minimum Gasteiger partial charge on any atom is -0.489 e. The molecule has 0 bridgehead atoms. The van der Waals surface area contributed by atoms with E-state index in [0.29, 0.717) is 28.8 Å². The standard InChI is InChI=1S/C19H19ClF2N4O/c1-10(8-26(2)3)27-14-7-5-12(18-15(14)19(23)25-9-24-18)11-4-6-13(21)16(20)17(11)22/h4-7,9-10H,8H2,1-3H3,(H2,23,24,25)/t10-/m0/s1. The third-order valence-electron chi connectivity index (χ3n) is 4.06. The number of nitrogens with zero attached hydrogens (tertiary/aromatic N) is 3. The van der Waals surface area contributed by atoms with E-state index in [9.17, 15) is 8.78 Å². The smallest absolute Gasteiger partial charge is 0.152 e. The normalized spacial score (nSPS) is 12.6. The van der Waals surface area contributed by atoms with E-state index < -0.39 is 16.7 Å². The van der Waals surface area contributed by atoms with Gasteiger partial charge in [0.15, 0.2) is 5.82 Å². The number of ether oxygens (including phenoxy) is 1. The number of hydrogen-bond donors (Lipinski definition) is 1. The van der Waals surface area contributed by atoms with Gasteiger partial charge in [0.1, 0.15) is 34.8 Å². The molecule has 0 unspecified atom stereocenters. The van der Waals surface area contributed by atoms with E-state index in [4.69, 9.17) is 22.1 Å². The molecule has 0 aliphatic carbocycles. The molecule has 0 fully saturated rings. The first-order valence-corrected chi connectivity index (χ1v) is 8.65. The van der Waals surface area contributed by atoms with E-state index in [2.05, 4.69) is 9.97 Å². The first-order chi connectivity index (χ1) is 12.8. The summed E-state index contributed by atoms with van der Waals surface area (Å²) in [5.74, 6) is -0.976. The maximum atomic E-state index is 14.5. The molecule has 0 spiro atoms. The highest BCUT2D eigenvalue weighted by molar-refractivity contribution is 6.31. The highest BCUT2D eigenvalue weighted by Crippen LogP contribution is 2.38. The number of rotatable bonds is 5. The zero-order chi connectivity index (χ0) is 19.7. The van der Waals surface area contributed by atoms with Gasteiger partial charge in [0.25, 0.3) is 0 Å². The van der Waals surface area contributed by atoms with Crippen LogP contribution in [0, 0.1) is 11.6 Å². The second-order valence-corrected chi connectivity index (χ2v) is 6.89. The Morgan fingerprint density at radius 2 is 1.85 bits per heavy atom. The van der Waals surface area contributed by atoms with Gasteiger partial charge in [0.05, 0.1) is 10.9 Å². The van der Waals surface area contributed by atoms with E-state index in [1.54, 1.807) is 12.1 Å². The van der Waals surface area contributed by atoms with Crippen molar-refractivity contribution >= 4 is 28.3 Å². The number of aromatic nitrogens is 2. The van der Waals surface area contributed by atoms with Crippen molar-refractivity contribution in [2.45, 2.75) is 13.0 Å². The summed E-state index contributed by atoms with van der Waals surface area (Å²) >= 11 is 5.73. The molecule has 2 aromatic carbocycles. The molecule has 27 heavy (non-hydrogen) atoms. The summed E-state index contributed by atoms with van der Waals surface area (Å²) < 4.78 is 34.1. The largest absolute Gasteiger partial charge is 0.489 e. The Morgan fingerprint density at radius 3 is 2.56 bits per heavy atom. The van der Waals surface area contributed by atoms with Gasteiger partial charge in [-0.25, -0.2) is 18.7 Å². The van der Waals surface area contributed by atoms with Crippen LogP contribution in [0.4, 0.5) is 14.6 Å². The van der Waals surface area contributed by atoms with Crippen molar-refractivity contribution in [3.63, 3.8) is 0 Å². The van der Waals surface area contributed by atoms with Crippen molar-refractivity contribution in [3.8, 4) is 16.9 Å². The van der Waals surface area contributed by atoms with Gasteiger partial charge in [-0.1, -0.05) is 11.6 Å². The maximum Gasteiger partial charge on any atom is 0.152 e. The van der Waals surface area contributed by atoms with Gasteiger partial charge in [-0.15, -0.1) is 0 Å². The average Bonchev–Trinajstić information content (AvgIpc) is 2.60. The van der Waals surface area contributed by atoms with Crippen molar-refractivity contribution in [2.24, 2.45) is 0 Å². The first kappa shape index (κ1) is 19.3. The molecule has 0 aliphatic rings. The summed E-state index contributed by atoms with van der Waals surface area (Å²) in [5.41, 5.74) is 7.00. The maximum absolute atomic E-state index is 14.5. The lowest BCUT2D eigenvalue weighted by Crippen LogP contribution is -2.28. The highest BCUT2D eigenvalue weighted by Gasteiger charge is 2.19. The minimum absolute atomic E-state index is 0.120. The Labute approximate surface area is 160 Å². The molecule has 3 aromatic rings. The fourth-order valence-corrected chi connectivity index (χ4v) is 3.15. The van der Waals surface area contributed by atoms with Crippen molar-refractivity contribution in [2.75, 3.05) is 26.4 Å². The third kappa shape index (κ3) is 3.79. The fraction of sp³-hybridized carbons (Fsp3) is 0.263. The van der Waals surface area contributed by atoms with Crippen LogP contribution < -0.4 is 10.5 Å². The summed E-state index contributed by atoms with van der Waals surface area (Å²) in [4.78, 5) is 10.3. The number of nitrogens with two attached hydrogens (primary N) is 1. The lowest BCUT2D eigenvalue weighted by molar-refractivity contribution is 0.179. The fourth-order valence-electron chi connectivity index (χ4n) is 2.99. The van der Waals surface area contributed by atoms with Crippen LogP contribution in [0.2, 0.25) is 5.02 Å². The number of benzene rings is 2. The molecule has 2 N–H and O–H groups in total. The van der Waals surface area contributed by atoms with Crippen molar-refractivity contribution in [3.05, 3.63) is 47.2 Å². The van der Waals surface area contributed by atoms with E-state index in [0.717, 1.165) is 6.07 Å².